The largest absolute Gasteiger partial charge is 0.352 e. The molecule has 11 heavy (non-hydrogen) atoms. The third-order valence-electron chi connectivity index (χ3n) is 1.94. The maximum Gasteiger partial charge on any atom is 0.237 e. The van der Waals surface area contributed by atoms with Crippen LogP contribution in [0.2, 0.25) is 0 Å². The first kappa shape index (κ1) is 8.53. The van der Waals surface area contributed by atoms with E-state index in [1.165, 1.54) is 0 Å². The Morgan fingerprint density at radius 2 is 2.09 bits per heavy atom. The zero-order valence-corrected chi connectivity index (χ0v) is 7.13. The van der Waals surface area contributed by atoms with Crippen LogP contribution in [-0.4, -0.2) is 18.0 Å². The van der Waals surface area contributed by atoms with Gasteiger partial charge in [-0.15, -0.1) is 0 Å². The molecule has 1 fully saturated rings. The molecule has 1 unspecified atom stereocenters. The van der Waals surface area contributed by atoms with E-state index in [0.717, 1.165) is 12.8 Å². The first-order valence-electron chi connectivity index (χ1n) is 4.17. The van der Waals surface area contributed by atoms with Crippen LogP contribution in [0.3, 0.4) is 0 Å². The van der Waals surface area contributed by atoms with E-state index in [2.05, 4.69) is 5.32 Å². The van der Waals surface area contributed by atoms with Crippen LogP contribution in [-0.2, 0) is 4.79 Å². The van der Waals surface area contributed by atoms with Crippen LogP contribution in [0.4, 0.5) is 0 Å². The number of hydrogen-bond acceptors (Lipinski definition) is 2. The predicted molar refractivity (Wildman–Crippen MR) is 44.0 cm³/mol. The fourth-order valence-corrected chi connectivity index (χ4v) is 0.828. The van der Waals surface area contributed by atoms with Crippen molar-refractivity contribution in [1.29, 1.82) is 0 Å². The number of nitrogens with one attached hydrogen (secondary N) is 1. The normalized spacial score (nSPS) is 20.0. The molecule has 3 nitrogen and oxygen atoms in total. The SMILES string of the molecule is CC(C)C(N)C(=O)NC1CC1. The van der Waals surface area contributed by atoms with E-state index < -0.39 is 0 Å². The van der Waals surface area contributed by atoms with Crippen molar-refractivity contribution in [3.05, 3.63) is 0 Å². The number of hydrogen-bond donors (Lipinski definition) is 2. The molecule has 0 aromatic heterocycles. The topological polar surface area (TPSA) is 55.1 Å². The minimum absolute atomic E-state index is 0.00231. The Morgan fingerprint density at radius 3 is 2.45 bits per heavy atom. The van der Waals surface area contributed by atoms with Gasteiger partial charge in [-0.05, 0) is 18.8 Å². The number of carbonyl (C=O) groups is 1. The fourth-order valence-electron chi connectivity index (χ4n) is 0.828. The van der Waals surface area contributed by atoms with Crippen LogP contribution in [0.1, 0.15) is 26.7 Å². The molecule has 0 saturated heterocycles. The summed E-state index contributed by atoms with van der Waals surface area (Å²) in [6.07, 6.45) is 2.24. The Bertz CT molecular complexity index is 152. The maximum atomic E-state index is 11.2. The Morgan fingerprint density at radius 1 is 1.55 bits per heavy atom. The number of nitrogens with two attached hydrogens (primary N) is 1. The minimum Gasteiger partial charge on any atom is -0.352 e. The lowest BCUT2D eigenvalue weighted by atomic mass is 10.1. The lowest BCUT2D eigenvalue weighted by Crippen LogP contribution is -2.44. The van der Waals surface area contributed by atoms with Crippen molar-refractivity contribution in [3.8, 4) is 0 Å². The molecule has 1 rings (SSSR count). The van der Waals surface area contributed by atoms with Crippen LogP contribution in [0.25, 0.3) is 0 Å². The second kappa shape index (κ2) is 3.22. The van der Waals surface area contributed by atoms with Crippen molar-refractivity contribution in [2.75, 3.05) is 0 Å². The standard InChI is InChI=1S/C8H16N2O/c1-5(2)7(9)8(11)10-6-3-4-6/h5-7H,3-4,9H2,1-2H3,(H,10,11). The van der Waals surface area contributed by atoms with Gasteiger partial charge in [0.2, 0.25) is 5.91 Å². The monoisotopic (exact) mass is 156 g/mol. The van der Waals surface area contributed by atoms with Gasteiger partial charge in [-0.3, -0.25) is 4.79 Å². The van der Waals surface area contributed by atoms with Crippen LogP contribution < -0.4 is 11.1 Å². The summed E-state index contributed by atoms with van der Waals surface area (Å²) in [5.74, 6) is 0.233. The van der Waals surface area contributed by atoms with Crippen molar-refractivity contribution in [2.24, 2.45) is 11.7 Å². The molecule has 0 radical (unpaired) electrons. The zero-order valence-electron chi connectivity index (χ0n) is 7.13. The Labute approximate surface area is 67.3 Å². The van der Waals surface area contributed by atoms with Crippen molar-refractivity contribution in [3.63, 3.8) is 0 Å². The minimum atomic E-state index is -0.337. The summed E-state index contributed by atoms with van der Waals surface area (Å²) in [6, 6.07) is 0.0860. The molecule has 64 valence electrons. The summed E-state index contributed by atoms with van der Waals surface area (Å²) in [5.41, 5.74) is 5.62. The van der Waals surface area contributed by atoms with E-state index >= 15 is 0 Å². The second-order valence-electron chi connectivity index (χ2n) is 3.55. The molecule has 0 aliphatic heterocycles. The lowest BCUT2D eigenvalue weighted by molar-refractivity contribution is -0.123. The van der Waals surface area contributed by atoms with Gasteiger partial charge in [0.05, 0.1) is 6.04 Å². The summed E-state index contributed by atoms with van der Waals surface area (Å²) < 4.78 is 0. The van der Waals surface area contributed by atoms with Gasteiger partial charge in [0.15, 0.2) is 0 Å². The van der Waals surface area contributed by atoms with E-state index in [1.807, 2.05) is 13.8 Å². The molecule has 1 aliphatic carbocycles. The third-order valence-corrected chi connectivity index (χ3v) is 1.94. The fraction of sp³-hybridized carbons (Fsp3) is 0.875. The second-order valence-corrected chi connectivity index (χ2v) is 3.55. The highest BCUT2D eigenvalue weighted by atomic mass is 16.2. The van der Waals surface area contributed by atoms with E-state index in [1.54, 1.807) is 0 Å². The number of rotatable bonds is 3. The average molecular weight is 156 g/mol. The molecule has 3 heteroatoms. The highest BCUT2D eigenvalue weighted by Gasteiger charge is 2.26. The van der Waals surface area contributed by atoms with Gasteiger partial charge in [0, 0.05) is 6.04 Å². The van der Waals surface area contributed by atoms with E-state index in [0.29, 0.717) is 6.04 Å². The molecule has 3 N–H and O–H groups in total. The quantitative estimate of drug-likeness (QED) is 0.615. The molecule has 0 aromatic rings. The summed E-state index contributed by atoms with van der Waals surface area (Å²) in [5, 5.41) is 2.87. The van der Waals surface area contributed by atoms with Gasteiger partial charge in [-0.2, -0.15) is 0 Å². The van der Waals surface area contributed by atoms with Crippen LogP contribution in [0.15, 0.2) is 0 Å². The predicted octanol–water partition coefficient (Wildman–Crippen LogP) is 0.248. The van der Waals surface area contributed by atoms with Crippen molar-refractivity contribution in [2.45, 2.75) is 38.8 Å². The highest BCUT2D eigenvalue weighted by Crippen LogP contribution is 2.18. The van der Waals surface area contributed by atoms with Crippen LogP contribution >= 0.6 is 0 Å². The highest BCUT2D eigenvalue weighted by molar-refractivity contribution is 5.82. The van der Waals surface area contributed by atoms with Gasteiger partial charge in [-0.25, -0.2) is 0 Å². The molecule has 0 aromatic carbocycles. The van der Waals surface area contributed by atoms with Crippen LogP contribution in [0.5, 0.6) is 0 Å². The number of carbonyl (C=O) groups excluding carboxylic acids is 1. The molecule has 1 amide bonds. The maximum absolute atomic E-state index is 11.2. The zero-order chi connectivity index (χ0) is 8.43. The first-order chi connectivity index (χ1) is 5.11. The average Bonchev–Trinajstić information content (AvgIpc) is 2.69. The van der Waals surface area contributed by atoms with Gasteiger partial charge < -0.3 is 11.1 Å². The molecular weight excluding hydrogens is 140 g/mol. The third kappa shape index (κ3) is 2.50. The van der Waals surface area contributed by atoms with E-state index in [4.69, 9.17) is 5.73 Å². The van der Waals surface area contributed by atoms with Gasteiger partial charge >= 0.3 is 0 Å². The number of amides is 1. The first-order valence-corrected chi connectivity index (χ1v) is 4.17. The van der Waals surface area contributed by atoms with Gasteiger partial charge in [0.25, 0.3) is 0 Å². The Balaban J connectivity index is 2.26. The molecule has 0 bridgehead atoms. The Kier molecular flexibility index (Phi) is 2.49. The van der Waals surface area contributed by atoms with Gasteiger partial charge in [-0.1, -0.05) is 13.8 Å². The van der Waals surface area contributed by atoms with E-state index in [9.17, 15) is 4.79 Å². The molecular formula is C8H16N2O. The van der Waals surface area contributed by atoms with Gasteiger partial charge in [0.1, 0.15) is 0 Å². The summed E-state index contributed by atoms with van der Waals surface area (Å²) >= 11 is 0. The van der Waals surface area contributed by atoms with E-state index in [-0.39, 0.29) is 17.9 Å². The van der Waals surface area contributed by atoms with Crippen molar-refractivity contribution < 1.29 is 4.79 Å². The summed E-state index contributed by atoms with van der Waals surface area (Å²) in [6.45, 7) is 3.91. The van der Waals surface area contributed by atoms with Crippen LogP contribution in [0, 0.1) is 5.92 Å². The Hall–Kier alpha value is -0.570. The summed E-state index contributed by atoms with van der Waals surface area (Å²) in [4.78, 5) is 11.2. The summed E-state index contributed by atoms with van der Waals surface area (Å²) in [7, 11) is 0. The molecule has 1 atom stereocenters. The molecule has 1 saturated carbocycles. The smallest absolute Gasteiger partial charge is 0.237 e. The van der Waals surface area contributed by atoms with Crippen molar-refractivity contribution >= 4 is 5.91 Å². The molecule has 0 spiro atoms. The van der Waals surface area contributed by atoms with Crippen molar-refractivity contribution in [1.82, 2.24) is 5.32 Å². The molecule has 0 heterocycles. The molecule has 1 aliphatic rings. The lowest BCUT2D eigenvalue weighted by Gasteiger charge is -2.14.